The maximum Gasteiger partial charge on any atom is 0.338 e. The molecule has 0 aromatic heterocycles. The highest BCUT2D eigenvalue weighted by Crippen LogP contribution is 1.92. The Morgan fingerprint density at radius 1 is 1.24 bits per heavy atom. The van der Waals surface area contributed by atoms with Gasteiger partial charge in [0.15, 0.2) is 12.9 Å². The maximum absolute atomic E-state index is 11.1. The molecule has 0 rings (SSSR count). The molecule has 0 aliphatic heterocycles. The van der Waals surface area contributed by atoms with Crippen LogP contribution in [0.1, 0.15) is 13.8 Å². The first-order valence-corrected chi connectivity index (χ1v) is 5.20. The topological polar surface area (TPSA) is 106 Å². The number of carboxylic acid groups (broad SMARTS) is 1. The molecule has 3 N–H and O–H groups in total. The van der Waals surface area contributed by atoms with Crippen molar-refractivity contribution in [3.05, 3.63) is 0 Å². The first-order chi connectivity index (χ1) is 8.10. The van der Waals surface area contributed by atoms with Gasteiger partial charge in [-0.05, 0) is 13.8 Å². The summed E-state index contributed by atoms with van der Waals surface area (Å²) in [5, 5.41) is 10.7. The van der Waals surface area contributed by atoms with Gasteiger partial charge in [0.05, 0.1) is 6.54 Å². The number of aliphatic carboxylic acids is 1. The van der Waals surface area contributed by atoms with Gasteiger partial charge >= 0.3 is 12.0 Å². The summed E-state index contributed by atoms with van der Waals surface area (Å²) in [6, 6.07) is -0.657. The second-order valence-corrected chi connectivity index (χ2v) is 2.83. The van der Waals surface area contributed by atoms with Gasteiger partial charge in [-0.25, -0.2) is 15.1 Å². The molecule has 100 valence electrons. The minimum absolute atomic E-state index is 0.143. The number of amides is 2. The van der Waals surface area contributed by atoms with Crippen molar-refractivity contribution in [1.29, 1.82) is 0 Å². The lowest BCUT2D eigenvalue weighted by Crippen LogP contribution is -2.41. The van der Waals surface area contributed by atoms with E-state index in [0.29, 0.717) is 13.2 Å². The number of carbonyl (C=O) groups is 2. The Balaban J connectivity index is 3.68. The highest BCUT2D eigenvalue weighted by molar-refractivity contribution is 5.73. The monoisotopic (exact) mass is 250 g/mol. The van der Waals surface area contributed by atoms with Gasteiger partial charge in [0.1, 0.15) is 0 Å². The summed E-state index contributed by atoms with van der Waals surface area (Å²) in [6.07, 6.45) is -0.532. The van der Waals surface area contributed by atoms with Crippen molar-refractivity contribution in [3.63, 3.8) is 0 Å². The molecule has 0 fully saturated rings. The molecule has 0 aliphatic carbocycles. The van der Waals surface area contributed by atoms with Crippen LogP contribution in [0.4, 0.5) is 4.79 Å². The van der Waals surface area contributed by atoms with Gasteiger partial charge in [-0.15, -0.1) is 0 Å². The van der Waals surface area contributed by atoms with Crippen molar-refractivity contribution in [2.45, 2.75) is 20.1 Å². The van der Waals surface area contributed by atoms with E-state index in [1.165, 1.54) is 0 Å². The van der Waals surface area contributed by atoms with Gasteiger partial charge in [0.25, 0.3) is 0 Å². The SMILES string of the molecule is CCOC(CNC(=O)NOCC(=O)O)OCC. The zero-order valence-corrected chi connectivity index (χ0v) is 9.89. The van der Waals surface area contributed by atoms with Gasteiger partial charge in [-0.2, -0.15) is 0 Å². The van der Waals surface area contributed by atoms with Crippen molar-refractivity contribution in [1.82, 2.24) is 10.8 Å². The van der Waals surface area contributed by atoms with Crippen LogP contribution in [0, 0.1) is 0 Å². The van der Waals surface area contributed by atoms with Crippen molar-refractivity contribution < 1.29 is 29.0 Å². The van der Waals surface area contributed by atoms with Crippen molar-refractivity contribution in [2.24, 2.45) is 0 Å². The summed E-state index contributed by atoms with van der Waals surface area (Å²) in [7, 11) is 0. The number of rotatable bonds is 9. The Morgan fingerprint density at radius 2 is 1.82 bits per heavy atom. The molecule has 0 atom stereocenters. The van der Waals surface area contributed by atoms with Gasteiger partial charge in [-0.1, -0.05) is 0 Å². The normalized spacial score (nSPS) is 10.3. The van der Waals surface area contributed by atoms with E-state index in [2.05, 4.69) is 10.2 Å². The molecule has 2 amide bonds. The summed E-state index contributed by atoms with van der Waals surface area (Å²) >= 11 is 0. The van der Waals surface area contributed by atoms with E-state index in [9.17, 15) is 9.59 Å². The molecule has 0 radical (unpaired) electrons. The number of hydrogen-bond donors (Lipinski definition) is 3. The number of nitrogens with one attached hydrogen (secondary N) is 2. The Kier molecular flexibility index (Phi) is 9.02. The van der Waals surface area contributed by atoms with Gasteiger partial charge in [-0.3, -0.25) is 4.84 Å². The molecule has 8 nitrogen and oxygen atoms in total. The standard InChI is InChI=1S/C9H18N2O6/c1-3-15-8(16-4-2)5-10-9(14)11-17-6-7(12)13/h8H,3-6H2,1-2H3,(H,12,13)(H2,10,11,14). The van der Waals surface area contributed by atoms with Crippen LogP contribution in [0.5, 0.6) is 0 Å². The average molecular weight is 250 g/mol. The van der Waals surface area contributed by atoms with Crippen LogP contribution in [0.3, 0.4) is 0 Å². The molecule has 0 aromatic carbocycles. The lowest BCUT2D eigenvalue weighted by atomic mass is 10.6. The number of hydroxylamine groups is 1. The number of carbonyl (C=O) groups excluding carboxylic acids is 1. The highest BCUT2D eigenvalue weighted by Gasteiger charge is 2.10. The molecule has 0 unspecified atom stereocenters. The molecule has 0 heterocycles. The second-order valence-electron chi connectivity index (χ2n) is 2.83. The van der Waals surface area contributed by atoms with Crippen LogP contribution in [0.15, 0.2) is 0 Å². The average Bonchev–Trinajstić information content (AvgIpc) is 2.26. The first kappa shape index (κ1) is 15.6. The Morgan fingerprint density at radius 3 is 2.29 bits per heavy atom. The fourth-order valence-corrected chi connectivity index (χ4v) is 0.913. The van der Waals surface area contributed by atoms with Crippen LogP contribution in [0.25, 0.3) is 0 Å². The summed E-state index contributed by atoms with van der Waals surface area (Å²) in [5.41, 5.74) is 1.91. The largest absolute Gasteiger partial charge is 0.479 e. The van der Waals surface area contributed by atoms with Crippen molar-refractivity contribution >= 4 is 12.0 Å². The molecule has 0 saturated heterocycles. The third-order valence-electron chi connectivity index (χ3n) is 1.49. The number of hydrogen-bond acceptors (Lipinski definition) is 5. The van der Waals surface area contributed by atoms with Crippen LogP contribution in [-0.4, -0.2) is 49.8 Å². The van der Waals surface area contributed by atoms with Gasteiger partial charge in [0.2, 0.25) is 0 Å². The fraction of sp³-hybridized carbons (Fsp3) is 0.778. The molecule has 0 bridgehead atoms. The Labute approximate surface area is 99.2 Å². The lowest BCUT2D eigenvalue weighted by molar-refractivity contribution is -0.144. The van der Waals surface area contributed by atoms with E-state index < -0.39 is 24.9 Å². The van der Waals surface area contributed by atoms with Gasteiger partial charge < -0.3 is 19.9 Å². The van der Waals surface area contributed by atoms with Crippen LogP contribution in [0.2, 0.25) is 0 Å². The molecular weight excluding hydrogens is 232 g/mol. The molecular formula is C9H18N2O6. The Bertz CT molecular complexity index is 230. The van der Waals surface area contributed by atoms with E-state index in [4.69, 9.17) is 14.6 Å². The first-order valence-electron chi connectivity index (χ1n) is 5.20. The second kappa shape index (κ2) is 9.82. The zero-order valence-electron chi connectivity index (χ0n) is 9.89. The number of carboxylic acids is 1. The van der Waals surface area contributed by atoms with Crippen molar-refractivity contribution in [3.8, 4) is 0 Å². The predicted octanol–water partition coefficient (Wildman–Crippen LogP) is -0.299. The van der Waals surface area contributed by atoms with Gasteiger partial charge in [0, 0.05) is 13.2 Å². The number of ether oxygens (including phenoxy) is 2. The van der Waals surface area contributed by atoms with E-state index >= 15 is 0 Å². The van der Waals surface area contributed by atoms with Crippen LogP contribution >= 0.6 is 0 Å². The fourth-order valence-electron chi connectivity index (χ4n) is 0.913. The molecule has 8 heteroatoms. The summed E-state index contributed by atoms with van der Waals surface area (Å²) in [4.78, 5) is 25.5. The summed E-state index contributed by atoms with van der Waals surface area (Å²) in [6.45, 7) is 4.08. The lowest BCUT2D eigenvalue weighted by Gasteiger charge is -2.17. The molecule has 0 aromatic rings. The minimum atomic E-state index is -1.17. The highest BCUT2D eigenvalue weighted by atomic mass is 16.7. The van der Waals surface area contributed by atoms with E-state index in [-0.39, 0.29) is 6.54 Å². The van der Waals surface area contributed by atoms with E-state index in [0.717, 1.165) is 0 Å². The van der Waals surface area contributed by atoms with Crippen molar-refractivity contribution in [2.75, 3.05) is 26.4 Å². The van der Waals surface area contributed by atoms with Crippen LogP contribution < -0.4 is 10.8 Å². The Hall–Kier alpha value is -1.38. The minimum Gasteiger partial charge on any atom is -0.479 e. The smallest absolute Gasteiger partial charge is 0.338 e. The van der Waals surface area contributed by atoms with E-state index in [1.807, 2.05) is 19.3 Å². The quantitative estimate of drug-likeness (QED) is 0.383. The third kappa shape index (κ3) is 9.54. The molecule has 0 spiro atoms. The predicted molar refractivity (Wildman–Crippen MR) is 57.2 cm³/mol. The molecule has 17 heavy (non-hydrogen) atoms. The summed E-state index contributed by atoms with van der Waals surface area (Å²) < 4.78 is 10.4. The summed E-state index contributed by atoms with van der Waals surface area (Å²) in [5.74, 6) is -1.17. The molecule has 0 saturated carbocycles. The number of urea groups is 1. The van der Waals surface area contributed by atoms with E-state index in [1.54, 1.807) is 0 Å². The van der Waals surface area contributed by atoms with Crippen LogP contribution in [-0.2, 0) is 19.1 Å². The third-order valence-corrected chi connectivity index (χ3v) is 1.49. The zero-order chi connectivity index (χ0) is 13.1. The molecule has 0 aliphatic rings. The maximum atomic E-state index is 11.1.